The van der Waals surface area contributed by atoms with Crippen LogP contribution in [-0.2, 0) is 16.1 Å². The van der Waals surface area contributed by atoms with E-state index in [2.05, 4.69) is 12.6 Å². The number of hydrogen-bond donors (Lipinski definition) is 2. The normalized spacial score (nSPS) is 17.3. The zero-order valence-corrected chi connectivity index (χ0v) is 12.8. The number of carbonyl (C=O) groups is 1. The van der Waals surface area contributed by atoms with Crippen LogP contribution in [0.2, 0.25) is 0 Å². The molecule has 0 radical (unpaired) electrons. The van der Waals surface area contributed by atoms with Gasteiger partial charge in [-0.05, 0) is 24.1 Å². The summed E-state index contributed by atoms with van der Waals surface area (Å²) in [4.78, 5) is 23.6. The molecular formula is C14H17N3O4S. The lowest BCUT2D eigenvalue weighted by molar-refractivity contribution is -0.384. The van der Waals surface area contributed by atoms with Crippen LogP contribution in [0.3, 0.4) is 0 Å². The minimum Gasteiger partial charge on any atom is -0.460 e. The highest BCUT2D eigenvalue weighted by Crippen LogP contribution is 2.16. The molecule has 1 aromatic carbocycles. The van der Waals surface area contributed by atoms with Crippen molar-refractivity contribution >= 4 is 30.1 Å². The Morgan fingerprint density at radius 1 is 1.45 bits per heavy atom. The first-order valence-electron chi connectivity index (χ1n) is 6.85. The van der Waals surface area contributed by atoms with Crippen molar-refractivity contribution in [3.63, 3.8) is 0 Å². The fourth-order valence-corrected chi connectivity index (χ4v) is 2.48. The van der Waals surface area contributed by atoms with Crippen molar-refractivity contribution in [3.8, 4) is 0 Å². The molecule has 0 aromatic heterocycles. The first-order valence-corrected chi connectivity index (χ1v) is 7.36. The predicted molar refractivity (Wildman–Crippen MR) is 84.2 cm³/mol. The number of non-ortho nitro benzene ring substituents is 1. The SMILES string of the molecule is N=C(CC(=O)OCc1ccc([N+](=O)[O-])cc1)N1CCC(S)C1. The molecule has 0 amide bonds. The summed E-state index contributed by atoms with van der Waals surface area (Å²) in [5.41, 5.74) is 0.661. The van der Waals surface area contributed by atoms with Crippen LogP contribution < -0.4 is 0 Å². The molecule has 8 heteroatoms. The van der Waals surface area contributed by atoms with Crippen LogP contribution in [0, 0.1) is 15.5 Å². The van der Waals surface area contributed by atoms with Crippen LogP contribution in [0.4, 0.5) is 5.69 Å². The van der Waals surface area contributed by atoms with Gasteiger partial charge in [-0.1, -0.05) is 0 Å². The van der Waals surface area contributed by atoms with E-state index in [1.165, 1.54) is 12.1 Å². The number of carbonyl (C=O) groups excluding carboxylic acids is 1. The van der Waals surface area contributed by atoms with Crippen molar-refractivity contribution in [2.24, 2.45) is 0 Å². The highest BCUT2D eigenvalue weighted by molar-refractivity contribution is 7.81. The number of nitro groups is 1. The third-order valence-corrected chi connectivity index (χ3v) is 3.83. The number of likely N-dealkylation sites (tertiary alicyclic amines) is 1. The Kier molecular flexibility index (Phi) is 5.37. The number of nitro benzene ring substituents is 1. The van der Waals surface area contributed by atoms with E-state index < -0.39 is 10.9 Å². The van der Waals surface area contributed by atoms with Gasteiger partial charge in [0.1, 0.15) is 18.9 Å². The van der Waals surface area contributed by atoms with Crippen molar-refractivity contribution in [1.82, 2.24) is 4.90 Å². The van der Waals surface area contributed by atoms with Crippen LogP contribution >= 0.6 is 12.6 Å². The standard InChI is InChI=1S/C14H17N3O4S/c15-13(16-6-5-12(22)8-16)7-14(18)21-9-10-1-3-11(4-2-10)17(19)20/h1-4,12,15,22H,5-9H2. The molecular weight excluding hydrogens is 306 g/mol. The minimum absolute atomic E-state index is 0.00723. The van der Waals surface area contributed by atoms with E-state index in [0.29, 0.717) is 12.1 Å². The summed E-state index contributed by atoms with van der Waals surface area (Å²) in [5.74, 6) is -0.240. The molecule has 1 aliphatic heterocycles. The maximum Gasteiger partial charge on any atom is 0.313 e. The summed E-state index contributed by atoms with van der Waals surface area (Å²) in [7, 11) is 0. The maximum absolute atomic E-state index is 11.7. The highest BCUT2D eigenvalue weighted by Gasteiger charge is 2.23. The van der Waals surface area contributed by atoms with E-state index in [1.807, 2.05) is 4.90 Å². The minimum atomic E-state index is -0.484. The maximum atomic E-state index is 11.7. The monoisotopic (exact) mass is 323 g/mol. The van der Waals surface area contributed by atoms with E-state index in [9.17, 15) is 14.9 Å². The number of rotatable bonds is 5. The summed E-state index contributed by atoms with van der Waals surface area (Å²) < 4.78 is 5.09. The Balaban J connectivity index is 1.77. The molecule has 1 N–H and O–H groups in total. The average Bonchev–Trinajstić information content (AvgIpc) is 2.92. The number of nitrogens with one attached hydrogen (secondary N) is 1. The molecule has 7 nitrogen and oxygen atoms in total. The van der Waals surface area contributed by atoms with Crippen LogP contribution in [0.1, 0.15) is 18.4 Å². The second kappa shape index (κ2) is 7.26. The Labute approximate surface area is 133 Å². The third kappa shape index (κ3) is 4.45. The van der Waals surface area contributed by atoms with Gasteiger partial charge in [0.05, 0.1) is 4.92 Å². The molecule has 0 saturated carbocycles. The Hall–Kier alpha value is -2.09. The van der Waals surface area contributed by atoms with E-state index in [0.717, 1.165) is 13.0 Å². The van der Waals surface area contributed by atoms with Crippen molar-refractivity contribution < 1.29 is 14.5 Å². The van der Waals surface area contributed by atoms with Gasteiger partial charge in [0.15, 0.2) is 0 Å². The molecule has 0 aliphatic carbocycles. The fraction of sp³-hybridized carbons (Fsp3) is 0.429. The van der Waals surface area contributed by atoms with Gasteiger partial charge in [-0.15, -0.1) is 0 Å². The molecule has 1 unspecified atom stereocenters. The predicted octanol–water partition coefficient (Wildman–Crippen LogP) is 2.01. The second-order valence-electron chi connectivity index (χ2n) is 5.10. The van der Waals surface area contributed by atoms with Crippen molar-refractivity contribution in [3.05, 3.63) is 39.9 Å². The Morgan fingerprint density at radius 3 is 2.68 bits per heavy atom. The van der Waals surface area contributed by atoms with Crippen molar-refractivity contribution in [2.45, 2.75) is 24.7 Å². The first kappa shape index (κ1) is 16.3. The number of thiol groups is 1. The molecule has 1 saturated heterocycles. The smallest absolute Gasteiger partial charge is 0.313 e. The van der Waals surface area contributed by atoms with E-state index in [-0.39, 0.29) is 29.8 Å². The van der Waals surface area contributed by atoms with E-state index >= 15 is 0 Å². The molecule has 1 aromatic rings. The molecule has 1 aliphatic rings. The molecule has 22 heavy (non-hydrogen) atoms. The molecule has 1 fully saturated rings. The summed E-state index contributed by atoms with van der Waals surface area (Å²) in [6, 6.07) is 5.82. The summed E-state index contributed by atoms with van der Waals surface area (Å²) in [6.45, 7) is 1.46. The van der Waals surface area contributed by atoms with Gasteiger partial charge < -0.3 is 9.64 Å². The zero-order chi connectivity index (χ0) is 16.1. The van der Waals surface area contributed by atoms with Crippen molar-refractivity contribution in [2.75, 3.05) is 13.1 Å². The van der Waals surface area contributed by atoms with E-state index in [1.54, 1.807) is 12.1 Å². The molecule has 0 spiro atoms. The number of nitrogens with zero attached hydrogens (tertiary/aromatic N) is 2. The Bertz CT molecular complexity index is 576. The van der Waals surface area contributed by atoms with Gasteiger partial charge >= 0.3 is 5.97 Å². The third-order valence-electron chi connectivity index (χ3n) is 3.40. The molecule has 118 valence electrons. The van der Waals surface area contributed by atoms with Gasteiger partial charge in [0, 0.05) is 30.5 Å². The van der Waals surface area contributed by atoms with Gasteiger partial charge in [-0.3, -0.25) is 20.3 Å². The van der Waals surface area contributed by atoms with Gasteiger partial charge in [0.2, 0.25) is 0 Å². The van der Waals surface area contributed by atoms with Gasteiger partial charge in [-0.25, -0.2) is 0 Å². The lowest BCUT2D eigenvalue weighted by Crippen LogP contribution is -2.30. The largest absolute Gasteiger partial charge is 0.460 e. The zero-order valence-electron chi connectivity index (χ0n) is 11.9. The van der Waals surface area contributed by atoms with Crippen LogP contribution in [0.5, 0.6) is 0 Å². The number of hydrogen-bond acceptors (Lipinski definition) is 6. The number of benzene rings is 1. The lowest BCUT2D eigenvalue weighted by Gasteiger charge is -2.18. The summed E-state index contributed by atoms with van der Waals surface area (Å²) in [5, 5.41) is 18.7. The number of ether oxygens (including phenoxy) is 1. The van der Waals surface area contributed by atoms with Crippen molar-refractivity contribution in [1.29, 1.82) is 5.41 Å². The highest BCUT2D eigenvalue weighted by atomic mass is 32.1. The molecule has 0 bridgehead atoms. The van der Waals surface area contributed by atoms with Crippen LogP contribution in [0.15, 0.2) is 24.3 Å². The number of esters is 1. The molecule has 1 atom stereocenters. The van der Waals surface area contributed by atoms with Gasteiger partial charge in [0.25, 0.3) is 5.69 Å². The topological polar surface area (TPSA) is 96.5 Å². The van der Waals surface area contributed by atoms with E-state index in [4.69, 9.17) is 10.1 Å². The molecule has 2 rings (SSSR count). The summed E-state index contributed by atoms with van der Waals surface area (Å²) >= 11 is 4.35. The second-order valence-corrected chi connectivity index (χ2v) is 5.83. The Morgan fingerprint density at radius 2 is 2.14 bits per heavy atom. The average molecular weight is 323 g/mol. The summed E-state index contributed by atoms with van der Waals surface area (Å²) in [6.07, 6.45) is 0.830. The lowest BCUT2D eigenvalue weighted by atomic mass is 10.2. The molecule has 1 heterocycles. The van der Waals surface area contributed by atoms with Crippen LogP contribution in [-0.4, -0.2) is 40.0 Å². The van der Waals surface area contributed by atoms with Gasteiger partial charge in [-0.2, -0.15) is 12.6 Å². The van der Waals surface area contributed by atoms with Crippen LogP contribution in [0.25, 0.3) is 0 Å². The fourth-order valence-electron chi connectivity index (χ4n) is 2.16. The first-order chi connectivity index (χ1) is 10.5. The quantitative estimate of drug-likeness (QED) is 0.216. The number of amidine groups is 1.